The molecule has 2 heterocycles. The summed E-state index contributed by atoms with van der Waals surface area (Å²) < 4.78 is 42.0. The average molecular weight is 392 g/mol. The number of nitrogens with one attached hydrogen (secondary N) is 2. The lowest BCUT2D eigenvalue weighted by Gasteiger charge is -2.26. The van der Waals surface area contributed by atoms with Crippen LogP contribution in [-0.2, 0) is 21.2 Å². The zero-order valence-electron chi connectivity index (χ0n) is 13.8. The fourth-order valence-electron chi connectivity index (χ4n) is 3.27. The van der Waals surface area contributed by atoms with Gasteiger partial charge in [-0.3, -0.25) is 4.79 Å². The van der Waals surface area contributed by atoms with Crippen LogP contribution in [-0.4, -0.2) is 20.1 Å². The van der Waals surface area contributed by atoms with Crippen molar-refractivity contribution >= 4 is 33.4 Å². The molecule has 1 unspecified atom stereocenters. The van der Waals surface area contributed by atoms with Gasteiger partial charge in [-0.15, -0.1) is 11.8 Å². The highest BCUT2D eigenvalue weighted by atomic mass is 32.2. The molecule has 0 aromatic heterocycles. The number of benzene rings is 2. The van der Waals surface area contributed by atoms with Crippen LogP contribution in [0.1, 0.15) is 30.0 Å². The number of rotatable bonds is 3. The highest BCUT2D eigenvalue weighted by molar-refractivity contribution is 7.99. The molecule has 0 aliphatic carbocycles. The monoisotopic (exact) mass is 392 g/mol. The molecule has 1 amide bonds. The minimum Gasteiger partial charge on any atom is -0.326 e. The minimum absolute atomic E-state index is 0.0652. The molecule has 0 spiro atoms. The molecule has 0 bridgehead atoms. The van der Waals surface area contributed by atoms with E-state index in [0.29, 0.717) is 30.5 Å². The van der Waals surface area contributed by atoms with Crippen LogP contribution in [0.2, 0.25) is 0 Å². The molecule has 2 aliphatic heterocycles. The summed E-state index contributed by atoms with van der Waals surface area (Å²) in [5.74, 6) is 0.326. The molecular weight excluding hydrogens is 375 g/mol. The first-order valence-electron chi connectivity index (χ1n) is 8.30. The van der Waals surface area contributed by atoms with Crippen molar-refractivity contribution in [2.45, 2.75) is 35.1 Å². The van der Waals surface area contributed by atoms with Gasteiger partial charge in [0, 0.05) is 23.0 Å². The van der Waals surface area contributed by atoms with Crippen molar-refractivity contribution in [2.24, 2.45) is 0 Å². The zero-order chi connectivity index (χ0) is 18.3. The van der Waals surface area contributed by atoms with Crippen molar-refractivity contribution in [1.82, 2.24) is 4.72 Å². The second kappa shape index (κ2) is 6.68. The van der Waals surface area contributed by atoms with E-state index in [0.717, 1.165) is 16.2 Å². The van der Waals surface area contributed by atoms with Gasteiger partial charge >= 0.3 is 0 Å². The van der Waals surface area contributed by atoms with Crippen LogP contribution in [0.3, 0.4) is 0 Å². The van der Waals surface area contributed by atoms with E-state index in [2.05, 4.69) is 10.0 Å². The first-order valence-corrected chi connectivity index (χ1v) is 10.8. The highest BCUT2D eigenvalue weighted by Crippen LogP contribution is 2.37. The van der Waals surface area contributed by atoms with Gasteiger partial charge in [0.15, 0.2) is 0 Å². The number of anilines is 1. The molecule has 8 heteroatoms. The van der Waals surface area contributed by atoms with E-state index >= 15 is 0 Å². The summed E-state index contributed by atoms with van der Waals surface area (Å²) in [5, 5.41) is 2.74. The maximum Gasteiger partial charge on any atom is 0.241 e. The Morgan fingerprint density at radius 2 is 2.00 bits per heavy atom. The van der Waals surface area contributed by atoms with Crippen LogP contribution in [0.15, 0.2) is 46.2 Å². The normalized spacial score (nSPS) is 19.4. The quantitative estimate of drug-likeness (QED) is 0.841. The van der Waals surface area contributed by atoms with E-state index in [9.17, 15) is 17.6 Å². The first kappa shape index (κ1) is 17.5. The zero-order valence-corrected chi connectivity index (χ0v) is 15.4. The van der Waals surface area contributed by atoms with Gasteiger partial charge in [0.1, 0.15) is 5.82 Å². The number of hydrogen-bond acceptors (Lipinski definition) is 4. The van der Waals surface area contributed by atoms with E-state index in [1.807, 2.05) is 0 Å². The van der Waals surface area contributed by atoms with Crippen LogP contribution in [0.4, 0.5) is 10.1 Å². The Morgan fingerprint density at radius 1 is 1.15 bits per heavy atom. The molecule has 0 saturated heterocycles. The van der Waals surface area contributed by atoms with E-state index in [4.69, 9.17) is 0 Å². The van der Waals surface area contributed by atoms with E-state index in [1.165, 1.54) is 18.2 Å². The van der Waals surface area contributed by atoms with E-state index < -0.39 is 16.1 Å². The summed E-state index contributed by atoms with van der Waals surface area (Å²) in [7, 11) is -3.76. The van der Waals surface area contributed by atoms with E-state index in [1.54, 1.807) is 30.0 Å². The van der Waals surface area contributed by atoms with Crippen LogP contribution < -0.4 is 10.0 Å². The van der Waals surface area contributed by atoms with Crippen molar-refractivity contribution < 1.29 is 17.6 Å². The maximum atomic E-state index is 13.6. The first-order chi connectivity index (χ1) is 12.4. The Balaban J connectivity index is 1.63. The second-order valence-electron chi connectivity index (χ2n) is 6.36. The van der Waals surface area contributed by atoms with Gasteiger partial charge in [0.05, 0.1) is 4.90 Å². The predicted octanol–water partition coefficient (Wildman–Crippen LogP) is 3.23. The summed E-state index contributed by atoms with van der Waals surface area (Å²) in [5.41, 5.74) is 2.13. The van der Waals surface area contributed by atoms with Crippen molar-refractivity contribution in [3.05, 3.63) is 53.3 Å². The Hall–Kier alpha value is -1.90. The highest BCUT2D eigenvalue weighted by Gasteiger charge is 2.27. The van der Waals surface area contributed by atoms with Crippen molar-refractivity contribution in [3.8, 4) is 0 Å². The van der Waals surface area contributed by atoms with Crippen LogP contribution in [0.5, 0.6) is 0 Å². The van der Waals surface area contributed by atoms with Crippen LogP contribution in [0.25, 0.3) is 0 Å². The molecule has 2 aromatic carbocycles. The number of carbonyl (C=O) groups excluding carboxylic acids is 1. The summed E-state index contributed by atoms with van der Waals surface area (Å²) in [4.78, 5) is 12.5. The molecule has 136 valence electrons. The minimum atomic E-state index is -3.76. The number of aryl methyl sites for hydroxylation is 1. The lowest BCUT2D eigenvalue weighted by atomic mass is 10.0. The van der Waals surface area contributed by atoms with E-state index in [-0.39, 0.29) is 16.6 Å². The van der Waals surface area contributed by atoms with Crippen molar-refractivity contribution in [2.75, 3.05) is 11.1 Å². The number of carbonyl (C=O) groups is 1. The maximum absolute atomic E-state index is 13.6. The fourth-order valence-corrected chi connectivity index (χ4v) is 5.68. The third-order valence-electron chi connectivity index (χ3n) is 4.59. The number of hydrogen-bond donors (Lipinski definition) is 2. The smallest absolute Gasteiger partial charge is 0.241 e. The Labute approximate surface area is 155 Å². The SMILES string of the molecule is O=C1CCc2cc(S(=O)(=O)NC3CCSc4ccc(F)cc43)ccc2N1. The molecule has 26 heavy (non-hydrogen) atoms. The molecule has 1 atom stereocenters. The Bertz CT molecular complexity index is 992. The number of fused-ring (bicyclic) bond motifs is 2. The fraction of sp³-hybridized carbons (Fsp3) is 0.278. The molecule has 4 rings (SSSR count). The van der Waals surface area contributed by atoms with Crippen LogP contribution >= 0.6 is 11.8 Å². The molecule has 2 aromatic rings. The molecule has 2 aliphatic rings. The second-order valence-corrected chi connectivity index (χ2v) is 9.21. The third-order valence-corrected chi connectivity index (χ3v) is 7.18. The average Bonchev–Trinajstić information content (AvgIpc) is 2.61. The Kier molecular flexibility index (Phi) is 4.50. The lowest BCUT2D eigenvalue weighted by molar-refractivity contribution is -0.116. The summed E-state index contributed by atoms with van der Waals surface area (Å²) in [6.07, 6.45) is 1.45. The third kappa shape index (κ3) is 3.36. The summed E-state index contributed by atoms with van der Waals surface area (Å²) >= 11 is 1.60. The number of halogens is 1. The predicted molar refractivity (Wildman–Crippen MR) is 98.2 cm³/mol. The topological polar surface area (TPSA) is 75.3 Å². The van der Waals surface area contributed by atoms with Gasteiger partial charge in [0.2, 0.25) is 15.9 Å². The lowest BCUT2D eigenvalue weighted by Crippen LogP contribution is -2.31. The van der Waals surface area contributed by atoms with Gasteiger partial charge in [-0.1, -0.05) is 0 Å². The largest absolute Gasteiger partial charge is 0.326 e. The number of sulfonamides is 1. The summed E-state index contributed by atoms with van der Waals surface area (Å²) in [6, 6.07) is 8.72. The van der Waals surface area contributed by atoms with Crippen molar-refractivity contribution in [3.63, 3.8) is 0 Å². The van der Waals surface area contributed by atoms with Crippen LogP contribution in [0, 0.1) is 5.82 Å². The van der Waals surface area contributed by atoms with Gasteiger partial charge < -0.3 is 5.32 Å². The standard InChI is InChI=1S/C18H17FN2O3S2/c19-12-2-5-17-14(10-12)16(7-8-25-17)21-26(23,24)13-3-4-15-11(9-13)1-6-18(22)20-15/h2-5,9-10,16,21H,1,6-8H2,(H,20,22). The van der Waals surface area contributed by atoms with Gasteiger partial charge in [-0.2, -0.15) is 0 Å². The molecule has 5 nitrogen and oxygen atoms in total. The number of amides is 1. The molecule has 2 N–H and O–H groups in total. The molecule has 0 saturated carbocycles. The molecular formula is C18H17FN2O3S2. The van der Waals surface area contributed by atoms with Gasteiger partial charge in [0.25, 0.3) is 0 Å². The van der Waals surface area contributed by atoms with Gasteiger partial charge in [-0.05, 0) is 66.1 Å². The van der Waals surface area contributed by atoms with Crippen molar-refractivity contribution in [1.29, 1.82) is 0 Å². The molecule has 0 radical (unpaired) electrons. The summed E-state index contributed by atoms with van der Waals surface area (Å²) in [6.45, 7) is 0. The molecule has 0 fully saturated rings. The van der Waals surface area contributed by atoms with Gasteiger partial charge in [-0.25, -0.2) is 17.5 Å². The Morgan fingerprint density at radius 3 is 2.85 bits per heavy atom. The number of thioether (sulfide) groups is 1.